The Balaban J connectivity index is 3.48. The molecule has 0 rings (SSSR count). The second kappa shape index (κ2) is 54.1. The van der Waals surface area contributed by atoms with E-state index in [1.54, 1.807) is 0 Å². The van der Waals surface area contributed by atoms with E-state index in [1.807, 2.05) is 0 Å². The second-order valence-electron chi connectivity index (χ2n) is 20.0. The first-order valence-electron chi connectivity index (χ1n) is 29.2. The molecule has 0 fully saturated rings. The summed E-state index contributed by atoms with van der Waals surface area (Å²) in [6.07, 6.45) is 61.7. The predicted molar refractivity (Wildman–Crippen MR) is 285 cm³/mol. The fourth-order valence-corrected chi connectivity index (χ4v) is 9.55. The molecule has 1 amide bonds. The normalized spacial score (nSPS) is 13.1. The maximum absolute atomic E-state index is 12.2. The number of unbranched alkanes of at least 4 members (excludes halogenated alkanes) is 41. The molecule has 0 aliphatic rings. The molecule has 0 aromatic carbocycles. The maximum Gasteiger partial charge on any atom is 0.472 e. The van der Waals surface area contributed by atoms with Crippen LogP contribution in [-0.4, -0.2) is 54.3 Å². The minimum atomic E-state index is -4.42. The van der Waals surface area contributed by atoms with Crippen LogP contribution in [0.3, 0.4) is 0 Å². The Morgan fingerprint density at radius 2 is 0.761 bits per heavy atom. The van der Waals surface area contributed by atoms with Crippen LogP contribution in [0.25, 0.3) is 0 Å². The van der Waals surface area contributed by atoms with E-state index in [9.17, 15) is 24.2 Å². The van der Waals surface area contributed by atoms with Crippen LogP contribution in [0.15, 0.2) is 12.2 Å². The summed E-state index contributed by atoms with van der Waals surface area (Å²) in [5.41, 5.74) is 0. The lowest BCUT2D eigenvalue weighted by Crippen LogP contribution is -2.27. The molecule has 2 unspecified atom stereocenters. The summed E-state index contributed by atoms with van der Waals surface area (Å²) < 4.78 is 27.1. The van der Waals surface area contributed by atoms with Gasteiger partial charge >= 0.3 is 13.8 Å². The van der Waals surface area contributed by atoms with Crippen molar-refractivity contribution in [2.75, 3.05) is 26.4 Å². The van der Waals surface area contributed by atoms with Crippen LogP contribution in [0.2, 0.25) is 0 Å². The van der Waals surface area contributed by atoms with E-state index in [0.717, 1.165) is 38.5 Å². The molecule has 67 heavy (non-hydrogen) atoms. The molecule has 0 spiro atoms. The zero-order valence-electron chi connectivity index (χ0n) is 44.4. The number of allylic oxidation sites excluding steroid dienone is 2. The van der Waals surface area contributed by atoms with Crippen LogP contribution >= 0.6 is 7.82 Å². The van der Waals surface area contributed by atoms with Crippen LogP contribution in [0.5, 0.6) is 0 Å². The van der Waals surface area contributed by atoms with Crippen molar-refractivity contribution in [2.24, 2.45) is 0 Å². The summed E-state index contributed by atoms with van der Waals surface area (Å²) >= 11 is 0. The number of hydrogen-bond donors (Lipinski definition) is 3. The molecule has 10 heteroatoms. The van der Waals surface area contributed by atoms with Gasteiger partial charge in [0.05, 0.1) is 13.2 Å². The molecule has 3 N–H and O–H groups in total. The second-order valence-corrected chi connectivity index (χ2v) is 21.4. The molecule has 0 aromatic heterocycles. The van der Waals surface area contributed by atoms with Crippen molar-refractivity contribution in [3.63, 3.8) is 0 Å². The average molecular weight is 970 g/mol. The Hall–Kier alpha value is -1.25. The van der Waals surface area contributed by atoms with Gasteiger partial charge in [0.1, 0.15) is 12.7 Å². The Bertz CT molecular complexity index is 1110. The number of carbonyl (C=O) groups is 2. The number of amides is 1. The molecular formula is C57H112NO8P. The van der Waals surface area contributed by atoms with E-state index in [4.69, 9.17) is 13.8 Å². The van der Waals surface area contributed by atoms with Gasteiger partial charge in [0.25, 0.3) is 0 Å². The number of aliphatic hydroxyl groups excluding tert-OH is 1. The van der Waals surface area contributed by atoms with E-state index < -0.39 is 26.5 Å². The summed E-state index contributed by atoms with van der Waals surface area (Å²) in [7, 11) is -4.42. The largest absolute Gasteiger partial charge is 0.472 e. The lowest BCUT2D eigenvalue weighted by atomic mass is 10.0. The molecule has 0 aliphatic heterocycles. The number of esters is 1. The highest BCUT2D eigenvalue weighted by molar-refractivity contribution is 7.47. The number of phosphoric ester groups is 1. The monoisotopic (exact) mass is 970 g/mol. The van der Waals surface area contributed by atoms with Crippen LogP contribution in [0.1, 0.15) is 309 Å². The first kappa shape index (κ1) is 65.8. The van der Waals surface area contributed by atoms with E-state index in [-0.39, 0.29) is 25.7 Å². The number of aliphatic hydroxyl groups is 1. The SMILES string of the molecule is CCCCCCCC/C=C/CCCCCCCCCCCCCCCC(=O)NCCOP(=O)(O)OCC(O)COC(=O)CCCCCCCCCCCCCCCCCCCCCCCCC. The maximum atomic E-state index is 12.2. The third-order valence-corrected chi connectivity index (χ3v) is 14.2. The number of hydrogen-bond acceptors (Lipinski definition) is 7. The van der Waals surface area contributed by atoms with Gasteiger partial charge < -0.3 is 20.1 Å². The minimum Gasteiger partial charge on any atom is -0.463 e. The third-order valence-electron chi connectivity index (χ3n) is 13.2. The molecule has 9 nitrogen and oxygen atoms in total. The van der Waals surface area contributed by atoms with Gasteiger partial charge in [-0.1, -0.05) is 270 Å². The van der Waals surface area contributed by atoms with Crippen molar-refractivity contribution in [3.8, 4) is 0 Å². The fraction of sp³-hybridized carbons (Fsp3) is 0.930. The van der Waals surface area contributed by atoms with Gasteiger partial charge in [-0.05, 0) is 38.5 Å². The van der Waals surface area contributed by atoms with Gasteiger partial charge in [0.2, 0.25) is 5.91 Å². The third kappa shape index (κ3) is 55.5. The Kier molecular flexibility index (Phi) is 53.1. The highest BCUT2D eigenvalue weighted by Gasteiger charge is 2.23. The summed E-state index contributed by atoms with van der Waals surface area (Å²) in [6.45, 7) is 3.63. The molecule has 0 heterocycles. The van der Waals surface area contributed by atoms with Gasteiger partial charge in [0, 0.05) is 19.4 Å². The van der Waals surface area contributed by atoms with Crippen molar-refractivity contribution >= 4 is 19.7 Å². The Labute approximate surface area is 415 Å². The summed E-state index contributed by atoms with van der Waals surface area (Å²) in [5.74, 6) is -0.498. The molecule has 0 aliphatic carbocycles. The number of carbonyl (C=O) groups excluding carboxylic acids is 2. The van der Waals surface area contributed by atoms with Crippen molar-refractivity contribution < 1.29 is 37.9 Å². The number of ether oxygens (including phenoxy) is 1. The van der Waals surface area contributed by atoms with Crippen LogP contribution in [0, 0.1) is 0 Å². The highest BCUT2D eigenvalue weighted by Crippen LogP contribution is 2.43. The predicted octanol–water partition coefficient (Wildman–Crippen LogP) is 17.7. The summed E-state index contributed by atoms with van der Waals surface area (Å²) in [6, 6.07) is 0. The molecule has 0 aromatic rings. The molecule has 0 bridgehead atoms. The van der Waals surface area contributed by atoms with Gasteiger partial charge in [-0.2, -0.15) is 0 Å². The van der Waals surface area contributed by atoms with E-state index in [2.05, 4.69) is 31.3 Å². The lowest BCUT2D eigenvalue weighted by Gasteiger charge is -2.15. The van der Waals surface area contributed by atoms with Crippen molar-refractivity contribution in [2.45, 2.75) is 315 Å². The van der Waals surface area contributed by atoms with Gasteiger partial charge in [0.15, 0.2) is 0 Å². The fourth-order valence-electron chi connectivity index (χ4n) is 8.79. The standard InChI is InChI=1S/C57H112NO8P/c1-3-5-7-9-11-13-15-17-19-21-23-25-27-29-31-33-35-37-39-41-43-45-47-49-56(60)58-51-52-65-67(62,63)66-54-55(59)53-64-57(61)50-48-46-44-42-40-38-36-34-32-30-28-26-24-22-20-18-16-14-12-10-8-6-4-2/h17,19,55,59H,3-16,18,20-54H2,1-2H3,(H,58,60)(H,62,63)/b19-17+. The molecule has 0 saturated carbocycles. The molecule has 0 radical (unpaired) electrons. The first-order valence-corrected chi connectivity index (χ1v) is 30.7. The number of phosphoric acid groups is 1. The quantitative estimate of drug-likeness (QED) is 0.0238. The van der Waals surface area contributed by atoms with E-state index >= 15 is 0 Å². The Morgan fingerprint density at radius 1 is 0.448 bits per heavy atom. The molecule has 2 atom stereocenters. The van der Waals surface area contributed by atoms with Gasteiger partial charge in [-0.25, -0.2) is 4.57 Å². The topological polar surface area (TPSA) is 131 Å². The molecule has 0 saturated heterocycles. The lowest BCUT2D eigenvalue weighted by molar-refractivity contribution is -0.147. The number of nitrogens with one attached hydrogen (secondary N) is 1. The summed E-state index contributed by atoms with van der Waals surface area (Å²) in [4.78, 5) is 34.2. The van der Waals surface area contributed by atoms with Crippen molar-refractivity contribution in [3.05, 3.63) is 12.2 Å². The molecular weight excluding hydrogens is 858 g/mol. The van der Waals surface area contributed by atoms with E-state index in [0.29, 0.717) is 12.8 Å². The van der Waals surface area contributed by atoms with Crippen LogP contribution in [-0.2, 0) is 27.9 Å². The van der Waals surface area contributed by atoms with Crippen LogP contribution < -0.4 is 5.32 Å². The number of rotatable bonds is 56. The Morgan fingerprint density at radius 3 is 1.12 bits per heavy atom. The van der Waals surface area contributed by atoms with Crippen LogP contribution in [0.4, 0.5) is 0 Å². The summed E-state index contributed by atoms with van der Waals surface area (Å²) in [5, 5.41) is 12.8. The zero-order valence-corrected chi connectivity index (χ0v) is 45.3. The minimum absolute atomic E-state index is 0.0865. The first-order chi connectivity index (χ1) is 32.8. The van der Waals surface area contributed by atoms with Crippen molar-refractivity contribution in [1.82, 2.24) is 5.32 Å². The highest BCUT2D eigenvalue weighted by atomic mass is 31.2. The smallest absolute Gasteiger partial charge is 0.463 e. The van der Waals surface area contributed by atoms with Gasteiger partial charge in [-0.3, -0.25) is 18.6 Å². The van der Waals surface area contributed by atoms with Gasteiger partial charge in [-0.15, -0.1) is 0 Å². The average Bonchev–Trinajstić information content (AvgIpc) is 3.32. The zero-order chi connectivity index (χ0) is 48.8. The van der Waals surface area contributed by atoms with Crippen molar-refractivity contribution in [1.29, 1.82) is 0 Å². The molecule has 398 valence electrons. The van der Waals surface area contributed by atoms with E-state index in [1.165, 1.54) is 244 Å².